The van der Waals surface area contributed by atoms with Crippen LogP contribution in [0.5, 0.6) is 0 Å². The van der Waals surface area contributed by atoms with E-state index in [0.717, 1.165) is 17.5 Å². The summed E-state index contributed by atoms with van der Waals surface area (Å²) in [6.45, 7) is 0. The van der Waals surface area contributed by atoms with Crippen molar-refractivity contribution in [3.63, 3.8) is 0 Å². The van der Waals surface area contributed by atoms with Crippen LogP contribution >= 0.6 is 23.2 Å². The topological polar surface area (TPSA) is 12.0 Å². The van der Waals surface area contributed by atoms with Crippen LogP contribution in [0.2, 0.25) is 10.0 Å². The minimum atomic E-state index is 0.648. The van der Waals surface area contributed by atoms with E-state index in [0.29, 0.717) is 16.1 Å². The summed E-state index contributed by atoms with van der Waals surface area (Å²) in [5.74, 6) is 1.76. The second kappa shape index (κ2) is 4.12. The molecule has 0 bridgehead atoms. The maximum Gasteiger partial charge on any atom is 0.0441 e. The molecule has 1 nitrogen and oxygen atoms in total. The van der Waals surface area contributed by atoms with Crippen molar-refractivity contribution in [2.24, 2.45) is 11.8 Å². The number of nitrogens with one attached hydrogen (secondary N) is 1. The number of anilines is 1. The average molecular weight is 256 g/mol. The number of halogens is 2. The number of rotatable bonds is 4. The van der Waals surface area contributed by atoms with Gasteiger partial charge in [-0.15, -0.1) is 0 Å². The number of hydrogen-bond acceptors (Lipinski definition) is 1. The van der Waals surface area contributed by atoms with Gasteiger partial charge in [0.25, 0.3) is 0 Å². The highest BCUT2D eigenvalue weighted by molar-refractivity contribution is 6.35. The lowest BCUT2D eigenvalue weighted by atomic mass is 10.1. The Morgan fingerprint density at radius 3 is 1.88 bits per heavy atom. The SMILES string of the molecule is Clc1cc(Cl)cc(NC(C2CC2)C2CC2)c1. The third kappa shape index (κ3) is 2.46. The van der Waals surface area contributed by atoms with Gasteiger partial charge in [0.1, 0.15) is 0 Å². The lowest BCUT2D eigenvalue weighted by Gasteiger charge is -2.19. The molecule has 1 aromatic rings. The van der Waals surface area contributed by atoms with Crippen molar-refractivity contribution in [1.29, 1.82) is 0 Å². The Labute approximate surface area is 106 Å². The fourth-order valence-corrected chi connectivity index (χ4v) is 2.89. The summed E-state index contributed by atoms with van der Waals surface area (Å²) >= 11 is 12.0. The van der Waals surface area contributed by atoms with Gasteiger partial charge in [0.2, 0.25) is 0 Å². The van der Waals surface area contributed by atoms with Gasteiger partial charge in [-0.25, -0.2) is 0 Å². The third-order valence-corrected chi connectivity index (χ3v) is 3.89. The summed E-state index contributed by atoms with van der Waals surface area (Å²) in [5.41, 5.74) is 1.07. The summed E-state index contributed by atoms with van der Waals surface area (Å²) in [7, 11) is 0. The van der Waals surface area contributed by atoms with Crippen LogP contribution in [0.25, 0.3) is 0 Å². The van der Waals surface area contributed by atoms with Crippen LogP contribution in [0.15, 0.2) is 18.2 Å². The van der Waals surface area contributed by atoms with Gasteiger partial charge in [-0.1, -0.05) is 23.2 Å². The molecule has 3 rings (SSSR count). The minimum absolute atomic E-state index is 0.648. The Balaban J connectivity index is 1.75. The maximum absolute atomic E-state index is 6.00. The molecule has 86 valence electrons. The molecular formula is C13H15Cl2N. The Morgan fingerprint density at radius 2 is 1.44 bits per heavy atom. The molecule has 0 heterocycles. The highest BCUT2D eigenvalue weighted by Gasteiger charge is 2.41. The lowest BCUT2D eigenvalue weighted by Crippen LogP contribution is -2.24. The van der Waals surface area contributed by atoms with Crippen molar-refractivity contribution in [3.05, 3.63) is 28.2 Å². The number of hydrogen-bond donors (Lipinski definition) is 1. The molecule has 0 saturated heterocycles. The largest absolute Gasteiger partial charge is 0.382 e. The molecule has 0 amide bonds. The van der Waals surface area contributed by atoms with Gasteiger partial charge < -0.3 is 5.32 Å². The van der Waals surface area contributed by atoms with E-state index < -0.39 is 0 Å². The Morgan fingerprint density at radius 1 is 0.938 bits per heavy atom. The molecular weight excluding hydrogens is 241 g/mol. The van der Waals surface area contributed by atoms with Crippen LogP contribution in [0.1, 0.15) is 25.7 Å². The molecule has 2 aliphatic rings. The molecule has 3 heteroatoms. The second-order valence-electron chi connectivity index (χ2n) is 5.00. The summed E-state index contributed by atoms with van der Waals surface area (Å²) in [6.07, 6.45) is 5.51. The fraction of sp³-hybridized carbons (Fsp3) is 0.538. The molecule has 16 heavy (non-hydrogen) atoms. The van der Waals surface area contributed by atoms with Gasteiger partial charge in [0.15, 0.2) is 0 Å². The van der Waals surface area contributed by atoms with Gasteiger partial charge in [-0.2, -0.15) is 0 Å². The van der Waals surface area contributed by atoms with Crippen LogP contribution in [0, 0.1) is 11.8 Å². The molecule has 0 aromatic heterocycles. The number of benzene rings is 1. The zero-order valence-electron chi connectivity index (χ0n) is 9.05. The van der Waals surface area contributed by atoms with Crippen LogP contribution in [-0.4, -0.2) is 6.04 Å². The van der Waals surface area contributed by atoms with E-state index in [1.54, 1.807) is 6.07 Å². The first-order valence-electron chi connectivity index (χ1n) is 5.95. The smallest absolute Gasteiger partial charge is 0.0441 e. The van der Waals surface area contributed by atoms with E-state index in [1.165, 1.54) is 25.7 Å². The molecule has 1 aromatic carbocycles. The third-order valence-electron chi connectivity index (χ3n) is 3.46. The van der Waals surface area contributed by atoms with Crippen LogP contribution in [-0.2, 0) is 0 Å². The first-order chi connectivity index (χ1) is 7.72. The average Bonchev–Trinajstić information content (AvgIpc) is 3.07. The maximum atomic E-state index is 6.00. The van der Waals surface area contributed by atoms with Gasteiger partial charge in [-0.05, 0) is 55.7 Å². The van der Waals surface area contributed by atoms with Gasteiger partial charge in [-0.3, -0.25) is 0 Å². The molecule has 2 fully saturated rings. The second-order valence-corrected chi connectivity index (χ2v) is 5.88. The zero-order valence-corrected chi connectivity index (χ0v) is 10.6. The Hall–Kier alpha value is -0.400. The summed E-state index contributed by atoms with van der Waals surface area (Å²) < 4.78 is 0. The summed E-state index contributed by atoms with van der Waals surface area (Å²) in [5, 5.41) is 5.03. The van der Waals surface area contributed by atoms with Crippen LogP contribution in [0.4, 0.5) is 5.69 Å². The van der Waals surface area contributed by atoms with Crippen molar-refractivity contribution in [1.82, 2.24) is 0 Å². The van der Waals surface area contributed by atoms with Crippen molar-refractivity contribution in [2.45, 2.75) is 31.7 Å². The molecule has 0 atom stereocenters. The highest BCUT2D eigenvalue weighted by atomic mass is 35.5. The lowest BCUT2D eigenvalue weighted by molar-refractivity contribution is 0.568. The first-order valence-corrected chi connectivity index (χ1v) is 6.70. The van der Waals surface area contributed by atoms with E-state index in [4.69, 9.17) is 23.2 Å². The fourth-order valence-electron chi connectivity index (χ4n) is 2.36. The molecule has 0 unspecified atom stereocenters. The minimum Gasteiger partial charge on any atom is -0.382 e. The molecule has 1 N–H and O–H groups in total. The van der Waals surface area contributed by atoms with E-state index in [1.807, 2.05) is 12.1 Å². The Bertz CT molecular complexity index is 365. The summed E-state index contributed by atoms with van der Waals surface area (Å²) in [6, 6.07) is 6.35. The molecule has 0 spiro atoms. The van der Waals surface area contributed by atoms with E-state index in [9.17, 15) is 0 Å². The van der Waals surface area contributed by atoms with Crippen molar-refractivity contribution >= 4 is 28.9 Å². The van der Waals surface area contributed by atoms with E-state index in [-0.39, 0.29) is 0 Å². The zero-order chi connectivity index (χ0) is 11.1. The highest BCUT2D eigenvalue weighted by Crippen LogP contribution is 2.46. The van der Waals surface area contributed by atoms with Crippen molar-refractivity contribution in [3.8, 4) is 0 Å². The summed E-state index contributed by atoms with van der Waals surface area (Å²) in [4.78, 5) is 0. The first kappa shape index (κ1) is 10.7. The predicted octanol–water partition coefficient (Wildman–Crippen LogP) is 4.59. The van der Waals surface area contributed by atoms with Crippen LogP contribution < -0.4 is 5.32 Å². The molecule has 2 aliphatic carbocycles. The van der Waals surface area contributed by atoms with Crippen molar-refractivity contribution < 1.29 is 0 Å². The molecule has 0 radical (unpaired) electrons. The monoisotopic (exact) mass is 255 g/mol. The van der Waals surface area contributed by atoms with Gasteiger partial charge in [0, 0.05) is 21.8 Å². The van der Waals surface area contributed by atoms with Gasteiger partial charge >= 0.3 is 0 Å². The van der Waals surface area contributed by atoms with Gasteiger partial charge in [0.05, 0.1) is 0 Å². The predicted molar refractivity (Wildman–Crippen MR) is 69.3 cm³/mol. The molecule has 0 aliphatic heterocycles. The Kier molecular flexibility index (Phi) is 2.76. The standard InChI is InChI=1S/C13H15Cl2N/c14-10-5-11(15)7-12(6-10)16-13(8-1-2-8)9-3-4-9/h5-9,13,16H,1-4H2. The van der Waals surface area contributed by atoms with E-state index in [2.05, 4.69) is 5.32 Å². The quantitative estimate of drug-likeness (QED) is 0.830. The van der Waals surface area contributed by atoms with Crippen LogP contribution in [0.3, 0.4) is 0 Å². The van der Waals surface area contributed by atoms with Crippen molar-refractivity contribution in [2.75, 3.05) is 5.32 Å². The molecule has 2 saturated carbocycles. The normalized spacial score (nSPS) is 20.2. The van der Waals surface area contributed by atoms with E-state index >= 15 is 0 Å².